The lowest BCUT2D eigenvalue weighted by Gasteiger charge is -2.08. The quantitative estimate of drug-likeness (QED) is 0.801. The monoisotopic (exact) mass is 327 g/mol. The molecular formula is C17H17N3O2S. The number of fused-ring (bicyclic) bond motifs is 1. The van der Waals surface area contributed by atoms with E-state index >= 15 is 0 Å². The Bertz CT molecular complexity index is 927. The molecule has 3 aromatic rings. The summed E-state index contributed by atoms with van der Waals surface area (Å²) in [7, 11) is 0. The summed E-state index contributed by atoms with van der Waals surface area (Å²) in [4.78, 5) is 29.2. The number of aryl methyl sites for hydroxylation is 1. The van der Waals surface area contributed by atoms with Crippen LogP contribution in [0.4, 0.5) is 5.69 Å². The Balaban J connectivity index is 1.67. The van der Waals surface area contributed by atoms with Gasteiger partial charge in [-0.15, -0.1) is 0 Å². The van der Waals surface area contributed by atoms with Crippen LogP contribution in [0.25, 0.3) is 10.9 Å². The topological polar surface area (TPSA) is 64.0 Å². The molecule has 1 amide bonds. The summed E-state index contributed by atoms with van der Waals surface area (Å²) in [6.07, 6.45) is 2.01. The van der Waals surface area contributed by atoms with Gasteiger partial charge in [0.05, 0.1) is 5.52 Å². The molecule has 2 aromatic heterocycles. The molecule has 6 heteroatoms. The number of nitrogens with one attached hydrogen (secondary N) is 1. The molecule has 118 valence electrons. The van der Waals surface area contributed by atoms with Crippen molar-refractivity contribution in [2.24, 2.45) is 0 Å². The normalized spacial score (nSPS) is 10.9. The fourth-order valence-electron chi connectivity index (χ4n) is 2.44. The predicted octanol–water partition coefficient (Wildman–Crippen LogP) is 3.10. The van der Waals surface area contributed by atoms with E-state index in [1.165, 1.54) is 11.3 Å². The van der Waals surface area contributed by atoms with Crippen molar-refractivity contribution >= 4 is 33.8 Å². The van der Waals surface area contributed by atoms with Gasteiger partial charge in [0.25, 0.3) is 0 Å². The van der Waals surface area contributed by atoms with Gasteiger partial charge >= 0.3 is 4.87 Å². The summed E-state index contributed by atoms with van der Waals surface area (Å²) in [6.45, 7) is 4.22. The van der Waals surface area contributed by atoms with Gasteiger partial charge in [-0.2, -0.15) is 0 Å². The zero-order valence-electron chi connectivity index (χ0n) is 13.0. The fraction of sp³-hybridized carbons (Fsp3) is 0.235. The van der Waals surface area contributed by atoms with Gasteiger partial charge < -0.3 is 9.88 Å². The predicted molar refractivity (Wildman–Crippen MR) is 93.0 cm³/mol. The third kappa shape index (κ3) is 3.32. The van der Waals surface area contributed by atoms with Crippen LogP contribution in [-0.2, 0) is 11.3 Å². The molecule has 0 atom stereocenters. The number of rotatable bonds is 4. The van der Waals surface area contributed by atoms with Gasteiger partial charge in [0.2, 0.25) is 5.91 Å². The summed E-state index contributed by atoms with van der Waals surface area (Å²) in [5.41, 5.74) is 2.56. The number of amides is 1. The standard InChI is InChI=1S/C17H17N3O2S/c1-11-12(2)23-17(22)20(11)9-7-16(21)19-14-5-6-15-13(10-14)4-3-8-18-15/h3-6,8,10H,7,9H2,1-2H3,(H,19,21). The van der Waals surface area contributed by atoms with Crippen LogP contribution in [0.2, 0.25) is 0 Å². The molecule has 3 rings (SSSR count). The van der Waals surface area contributed by atoms with E-state index < -0.39 is 0 Å². The molecule has 2 heterocycles. The van der Waals surface area contributed by atoms with Gasteiger partial charge in [-0.3, -0.25) is 14.6 Å². The summed E-state index contributed by atoms with van der Waals surface area (Å²) in [6, 6.07) is 9.42. The Kier molecular flexibility index (Phi) is 4.25. The maximum Gasteiger partial charge on any atom is 0.307 e. The Hall–Kier alpha value is -2.47. The van der Waals surface area contributed by atoms with E-state index in [-0.39, 0.29) is 17.2 Å². The SMILES string of the molecule is Cc1sc(=O)n(CCC(=O)Nc2ccc3ncccc3c2)c1C. The van der Waals surface area contributed by atoms with Crippen molar-refractivity contribution < 1.29 is 4.79 Å². The van der Waals surface area contributed by atoms with Crippen molar-refractivity contribution in [1.82, 2.24) is 9.55 Å². The second kappa shape index (κ2) is 6.34. The van der Waals surface area contributed by atoms with E-state index in [2.05, 4.69) is 10.3 Å². The van der Waals surface area contributed by atoms with Crippen LogP contribution in [0.1, 0.15) is 17.0 Å². The Labute approximate surface area is 137 Å². The Morgan fingerprint density at radius 3 is 2.87 bits per heavy atom. The van der Waals surface area contributed by atoms with Crippen LogP contribution in [0.3, 0.4) is 0 Å². The molecule has 0 saturated heterocycles. The number of pyridine rings is 1. The van der Waals surface area contributed by atoms with Crippen LogP contribution in [0.15, 0.2) is 41.3 Å². The van der Waals surface area contributed by atoms with Crippen LogP contribution >= 0.6 is 11.3 Å². The van der Waals surface area contributed by atoms with Crippen LogP contribution in [0, 0.1) is 13.8 Å². The number of nitrogens with zero attached hydrogens (tertiary/aromatic N) is 2. The molecule has 0 aliphatic heterocycles. The lowest BCUT2D eigenvalue weighted by atomic mass is 10.2. The van der Waals surface area contributed by atoms with E-state index in [0.717, 1.165) is 27.2 Å². The molecular weight excluding hydrogens is 310 g/mol. The van der Waals surface area contributed by atoms with Gasteiger partial charge in [-0.05, 0) is 38.1 Å². The number of aromatic nitrogens is 2. The van der Waals surface area contributed by atoms with Crippen molar-refractivity contribution in [3.8, 4) is 0 Å². The molecule has 0 bridgehead atoms. The third-order valence-corrected chi connectivity index (χ3v) is 4.82. The van der Waals surface area contributed by atoms with Crippen LogP contribution in [-0.4, -0.2) is 15.5 Å². The van der Waals surface area contributed by atoms with Gasteiger partial charge in [-0.25, -0.2) is 0 Å². The first-order chi connectivity index (χ1) is 11.0. The Morgan fingerprint density at radius 1 is 1.30 bits per heavy atom. The number of hydrogen-bond donors (Lipinski definition) is 1. The van der Waals surface area contributed by atoms with Crippen LogP contribution in [0.5, 0.6) is 0 Å². The minimum Gasteiger partial charge on any atom is -0.326 e. The number of carbonyl (C=O) groups excluding carboxylic acids is 1. The number of thiazole rings is 1. The molecule has 0 fully saturated rings. The highest BCUT2D eigenvalue weighted by atomic mass is 32.1. The Morgan fingerprint density at radius 2 is 2.13 bits per heavy atom. The molecule has 5 nitrogen and oxygen atoms in total. The summed E-state index contributed by atoms with van der Waals surface area (Å²) >= 11 is 1.22. The van der Waals surface area contributed by atoms with Crippen molar-refractivity contribution in [3.63, 3.8) is 0 Å². The minimum atomic E-state index is -0.108. The molecule has 0 radical (unpaired) electrons. The maximum absolute atomic E-state index is 12.1. The average Bonchev–Trinajstić information content (AvgIpc) is 2.78. The summed E-state index contributed by atoms with van der Waals surface area (Å²) in [5, 5.41) is 3.85. The van der Waals surface area contributed by atoms with Crippen molar-refractivity contribution in [3.05, 3.63) is 56.8 Å². The van der Waals surface area contributed by atoms with Crippen LogP contribution < -0.4 is 10.2 Å². The zero-order valence-corrected chi connectivity index (χ0v) is 13.8. The van der Waals surface area contributed by atoms with E-state index in [4.69, 9.17) is 0 Å². The summed E-state index contributed by atoms with van der Waals surface area (Å²) < 4.78 is 1.66. The lowest BCUT2D eigenvalue weighted by molar-refractivity contribution is -0.116. The van der Waals surface area contributed by atoms with E-state index in [1.54, 1.807) is 10.8 Å². The zero-order chi connectivity index (χ0) is 16.4. The van der Waals surface area contributed by atoms with Crippen molar-refractivity contribution in [2.45, 2.75) is 26.8 Å². The average molecular weight is 327 g/mol. The van der Waals surface area contributed by atoms with E-state index in [0.29, 0.717) is 6.54 Å². The number of carbonyl (C=O) groups is 1. The van der Waals surface area contributed by atoms with Crippen molar-refractivity contribution in [1.29, 1.82) is 0 Å². The maximum atomic E-state index is 12.1. The fourth-order valence-corrected chi connectivity index (χ4v) is 3.29. The lowest BCUT2D eigenvalue weighted by Crippen LogP contribution is -2.20. The largest absolute Gasteiger partial charge is 0.326 e. The van der Waals surface area contributed by atoms with E-state index in [9.17, 15) is 9.59 Å². The molecule has 1 aromatic carbocycles. The molecule has 0 unspecified atom stereocenters. The first-order valence-electron chi connectivity index (χ1n) is 7.36. The van der Waals surface area contributed by atoms with Crippen molar-refractivity contribution in [2.75, 3.05) is 5.32 Å². The highest BCUT2D eigenvalue weighted by molar-refractivity contribution is 7.09. The van der Waals surface area contributed by atoms with Gasteiger partial charge in [0, 0.05) is 40.8 Å². The van der Waals surface area contributed by atoms with Gasteiger partial charge in [0.1, 0.15) is 0 Å². The number of hydrogen-bond acceptors (Lipinski definition) is 4. The second-order valence-corrected chi connectivity index (χ2v) is 6.54. The molecule has 0 aliphatic carbocycles. The minimum absolute atomic E-state index is 0.00965. The molecule has 0 aliphatic rings. The molecule has 23 heavy (non-hydrogen) atoms. The molecule has 0 spiro atoms. The number of benzene rings is 1. The number of anilines is 1. The highest BCUT2D eigenvalue weighted by Gasteiger charge is 2.10. The highest BCUT2D eigenvalue weighted by Crippen LogP contribution is 2.17. The second-order valence-electron chi connectivity index (χ2n) is 5.37. The molecule has 1 N–H and O–H groups in total. The first kappa shape index (κ1) is 15.4. The van der Waals surface area contributed by atoms with E-state index in [1.807, 2.05) is 44.2 Å². The third-order valence-electron chi connectivity index (χ3n) is 3.82. The smallest absolute Gasteiger partial charge is 0.307 e. The summed E-state index contributed by atoms with van der Waals surface area (Å²) in [5.74, 6) is -0.108. The van der Waals surface area contributed by atoms with Gasteiger partial charge in [-0.1, -0.05) is 17.4 Å². The van der Waals surface area contributed by atoms with Gasteiger partial charge in [0.15, 0.2) is 0 Å². The first-order valence-corrected chi connectivity index (χ1v) is 8.18. The molecule has 0 saturated carbocycles.